The maximum Gasteiger partial charge on any atom is 0.249 e. The maximum atomic E-state index is 12.1. The second-order valence-electron chi connectivity index (χ2n) is 3.86. The number of hydrogen-bond acceptors (Lipinski definition) is 7. The molecule has 0 saturated carbocycles. The molecule has 0 aliphatic heterocycles. The first-order valence-corrected chi connectivity index (χ1v) is 7.64. The predicted molar refractivity (Wildman–Crippen MR) is 74.6 cm³/mol. The number of nitrogen functional groups attached to an aromatic ring is 1. The summed E-state index contributed by atoms with van der Waals surface area (Å²) in [5, 5.41) is 5.69. The van der Waals surface area contributed by atoms with Crippen LogP contribution in [0.5, 0.6) is 0 Å². The lowest BCUT2D eigenvalue weighted by Crippen LogP contribution is -2.24. The Hall–Kier alpha value is -1.39. The standard InChI is InChI=1S/C9H17N5O3S2/c1-11-6(15)4-5-12-9-7(8(10)13-18-9)19(16,17)14(2)3/h12H,4-5H2,1-3H3,(H2,10,13)(H,11,15). The highest BCUT2D eigenvalue weighted by molar-refractivity contribution is 7.89. The van der Waals surface area contributed by atoms with E-state index in [2.05, 4.69) is 15.0 Å². The van der Waals surface area contributed by atoms with E-state index in [1.807, 2.05) is 0 Å². The molecular formula is C9H17N5O3S2. The fourth-order valence-corrected chi connectivity index (χ4v) is 3.36. The van der Waals surface area contributed by atoms with Crippen LogP contribution in [0.25, 0.3) is 0 Å². The van der Waals surface area contributed by atoms with Gasteiger partial charge in [-0.2, -0.15) is 4.37 Å². The molecule has 0 atom stereocenters. The van der Waals surface area contributed by atoms with Gasteiger partial charge in [0.1, 0.15) is 5.00 Å². The van der Waals surface area contributed by atoms with Gasteiger partial charge < -0.3 is 16.4 Å². The number of nitrogens with one attached hydrogen (secondary N) is 2. The smallest absolute Gasteiger partial charge is 0.249 e. The third-order valence-electron chi connectivity index (χ3n) is 2.33. The lowest BCUT2D eigenvalue weighted by Gasteiger charge is -2.12. The van der Waals surface area contributed by atoms with E-state index >= 15 is 0 Å². The van der Waals surface area contributed by atoms with Crippen molar-refractivity contribution in [1.29, 1.82) is 0 Å². The van der Waals surface area contributed by atoms with E-state index in [1.165, 1.54) is 21.1 Å². The van der Waals surface area contributed by atoms with Crippen LogP contribution >= 0.6 is 11.5 Å². The molecule has 0 unspecified atom stereocenters. The number of carbonyl (C=O) groups excluding carboxylic acids is 1. The Balaban J connectivity index is 2.90. The zero-order valence-corrected chi connectivity index (χ0v) is 12.6. The van der Waals surface area contributed by atoms with Crippen molar-refractivity contribution in [3.63, 3.8) is 0 Å². The van der Waals surface area contributed by atoms with Crippen molar-refractivity contribution in [3.8, 4) is 0 Å². The minimum atomic E-state index is -3.66. The van der Waals surface area contributed by atoms with Crippen molar-refractivity contribution in [1.82, 2.24) is 14.0 Å². The predicted octanol–water partition coefficient (Wildman–Crippen LogP) is -0.476. The molecule has 0 aliphatic carbocycles. The molecule has 10 heteroatoms. The van der Waals surface area contributed by atoms with E-state index in [0.717, 1.165) is 15.8 Å². The molecule has 19 heavy (non-hydrogen) atoms. The Labute approximate surface area is 116 Å². The van der Waals surface area contributed by atoms with Crippen molar-refractivity contribution in [2.75, 3.05) is 38.7 Å². The number of sulfonamides is 1. The van der Waals surface area contributed by atoms with Gasteiger partial charge in [-0.15, -0.1) is 0 Å². The Bertz CT molecular complexity index is 552. The summed E-state index contributed by atoms with van der Waals surface area (Å²) in [6, 6.07) is 0. The molecule has 1 heterocycles. The van der Waals surface area contributed by atoms with Gasteiger partial charge in [-0.25, -0.2) is 12.7 Å². The molecule has 0 radical (unpaired) electrons. The molecule has 8 nitrogen and oxygen atoms in total. The zero-order chi connectivity index (χ0) is 14.6. The van der Waals surface area contributed by atoms with Gasteiger partial charge >= 0.3 is 0 Å². The fraction of sp³-hybridized carbons (Fsp3) is 0.556. The van der Waals surface area contributed by atoms with Crippen LogP contribution in [0, 0.1) is 0 Å². The summed E-state index contributed by atoms with van der Waals surface area (Å²) in [6.45, 7) is 0.303. The minimum absolute atomic E-state index is 0.0406. The highest BCUT2D eigenvalue weighted by Crippen LogP contribution is 2.32. The van der Waals surface area contributed by atoms with E-state index in [1.54, 1.807) is 0 Å². The molecule has 1 rings (SSSR count). The molecule has 0 fully saturated rings. The molecule has 1 amide bonds. The van der Waals surface area contributed by atoms with Gasteiger partial charge in [-0.05, 0) is 11.5 Å². The largest absolute Gasteiger partial charge is 0.382 e. The molecule has 0 aliphatic rings. The first kappa shape index (κ1) is 15.7. The van der Waals surface area contributed by atoms with Crippen LogP contribution in [0.15, 0.2) is 4.90 Å². The van der Waals surface area contributed by atoms with E-state index in [-0.39, 0.29) is 23.0 Å². The number of amides is 1. The number of hydrogen-bond donors (Lipinski definition) is 3. The summed E-state index contributed by atoms with van der Waals surface area (Å²) in [6.07, 6.45) is 0.232. The van der Waals surface area contributed by atoms with Crippen molar-refractivity contribution in [2.45, 2.75) is 11.3 Å². The zero-order valence-electron chi connectivity index (χ0n) is 10.9. The van der Waals surface area contributed by atoms with Crippen LogP contribution in [0.1, 0.15) is 6.42 Å². The third kappa shape index (κ3) is 3.55. The Kier molecular flexibility index (Phi) is 5.09. The van der Waals surface area contributed by atoms with Gasteiger partial charge in [0.15, 0.2) is 10.7 Å². The van der Waals surface area contributed by atoms with Crippen molar-refractivity contribution in [3.05, 3.63) is 0 Å². The second kappa shape index (κ2) is 6.17. The highest BCUT2D eigenvalue weighted by Gasteiger charge is 2.27. The quantitative estimate of drug-likeness (QED) is 0.653. The van der Waals surface area contributed by atoms with Gasteiger partial charge in [0.05, 0.1) is 0 Å². The second-order valence-corrected chi connectivity index (χ2v) is 6.73. The molecule has 1 aromatic rings. The number of nitrogens with zero attached hydrogens (tertiary/aromatic N) is 2. The number of nitrogens with two attached hydrogens (primary N) is 1. The van der Waals surface area contributed by atoms with Crippen molar-refractivity contribution in [2.24, 2.45) is 0 Å². The molecule has 108 valence electrons. The van der Waals surface area contributed by atoms with E-state index < -0.39 is 10.0 Å². The topological polar surface area (TPSA) is 117 Å². The molecule has 4 N–H and O–H groups in total. The first-order chi connectivity index (χ1) is 8.80. The lowest BCUT2D eigenvalue weighted by molar-refractivity contribution is -0.120. The van der Waals surface area contributed by atoms with Gasteiger partial charge in [0.25, 0.3) is 0 Å². The van der Waals surface area contributed by atoms with Crippen LogP contribution in [-0.2, 0) is 14.8 Å². The van der Waals surface area contributed by atoms with Crippen LogP contribution in [0.3, 0.4) is 0 Å². The molecule has 0 aromatic carbocycles. The maximum absolute atomic E-state index is 12.1. The molecule has 0 bridgehead atoms. The van der Waals surface area contributed by atoms with Crippen LogP contribution in [0.4, 0.5) is 10.8 Å². The minimum Gasteiger partial charge on any atom is -0.382 e. The lowest BCUT2D eigenvalue weighted by atomic mass is 10.4. The van der Waals surface area contributed by atoms with E-state index in [9.17, 15) is 13.2 Å². The van der Waals surface area contributed by atoms with E-state index in [0.29, 0.717) is 11.5 Å². The molecule has 1 aromatic heterocycles. The first-order valence-electron chi connectivity index (χ1n) is 5.42. The molecule has 0 spiro atoms. The van der Waals surface area contributed by atoms with Crippen LogP contribution < -0.4 is 16.4 Å². The summed E-state index contributed by atoms with van der Waals surface area (Å²) in [5.74, 6) is -0.178. The number of carbonyl (C=O) groups is 1. The van der Waals surface area contributed by atoms with Crippen molar-refractivity contribution >= 4 is 38.3 Å². The summed E-state index contributed by atoms with van der Waals surface area (Å²) in [7, 11) is 0.714. The van der Waals surface area contributed by atoms with Gasteiger partial charge in [-0.1, -0.05) is 0 Å². The average Bonchev–Trinajstić information content (AvgIpc) is 2.70. The summed E-state index contributed by atoms with van der Waals surface area (Å²) in [4.78, 5) is 11.0. The van der Waals surface area contributed by atoms with Gasteiger partial charge in [0.2, 0.25) is 15.9 Å². The molecular weight excluding hydrogens is 290 g/mol. The summed E-state index contributed by atoms with van der Waals surface area (Å²) >= 11 is 0.956. The third-order valence-corrected chi connectivity index (χ3v) is 5.17. The summed E-state index contributed by atoms with van der Waals surface area (Å²) < 4.78 is 29.1. The Morgan fingerprint density at radius 3 is 2.63 bits per heavy atom. The monoisotopic (exact) mass is 307 g/mol. The number of aromatic nitrogens is 1. The number of anilines is 2. The van der Waals surface area contributed by atoms with Gasteiger partial charge in [0, 0.05) is 34.1 Å². The normalized spacial score (nSPS) is 11.6. The van der Waals surface area contributed by atoms with E-state index in [4.69, 9.17) is 5.73 Å². The number of rotatable bonds is 6. The summed E-state index contributed by atoms with van der Waals surface area (Å²) in [5.41, 5.74) is 5.60. The Morgan fingerprint density at radius 2 is 2.11 bits per heavy atom. The van der Waals surface area contributed by atoms with Gasteiger partial charge in [-0.3, -0.25) is 4.79 Å². The average molecular weight is 307 g/mol. The molecule has 0 saturated heterocycles. The SMILES string of the molecule is CNC(=O)CCNc1snc(N)c1S(=O)(=O)N(C)C. The Morgan fingerprint density at radius 1 is 1.47 bits per heavy atom. The fourth-order valence-electron chi connectivity index (χ4n) is 1.25. The van der Waals surface area contributed by atoms with Crippen molar-refractivity contribution < 1.29 is 13.2 Å². The highest BCUT2D eigenvalue weighted by atomic mass is 32.2. The van der Waals surface area contributed by atoms with Crippen LogP contribution in [0.2, 0.25) is 0 Å². The van der Waals surface area contributed by atoms with Crippen LogP contribution in [-0.4, -0.2) is 50.7 Å².